The number of ether oxygens (including phenoxy) is 1. The molecular formula is C14H17N3O4. The van der Waals surface area contributed by atoms with Gasteiger partial charge in [-0.1, -0.05) is 6.07 Å². The van der Waals surface area contributed by atoms with Gasteiger partial charge >= 0.3 is 5.69 Å². The van der Waals surface area contributed by atoms with Crippen molar-refractivity contribution in [2.45, 2.75) is 20.3 Å². The zero-order chi connectivity index (χ0) is 16.0. The molecule has 21 heavy (non-hydrogen) atoms. The maximum Gasteiger partial charge on any atom is 0.311 e. The third-order valence-electron chi connectivity index (χ3n) is 2.92. The lowest BCUT2D eigenvalue weighted by Gasteiger charge is -2.16. The Bertz CT molecular complexity index is 593. The normalized spacial score (nSPS) is 9.81. The van der Waals surface area contributed by atoms with Crippen LogP contribution in [0.4, 0.5) is 5.69 Å². The predicted octanol–water partition coefficient (Wildman–Crippen LogP) is 1.96. The van der Waals surface area contributed by atoms with E-state index in [0.29, 0.717) is 12.1 Å². The van der Waals surface area contributed by atoms with Crippen LogP contribution in [-0.2, 0) is 4.79 Å². The minimum atomic E-state index is -0.529. The van der Waals surface area contributed by atoms with Gasteiger partial charge in [0.2, 0.25) is 5.75 Å². The molecule has 0 bridgehead atoms. The largest absolute Gasteiger partial charge is 0.477 e. The second-order valence-electron chi connectivity index (χ2n) is 4.70. The third kappa shape index (κ3) is 4.45. The summed E-state index contributed by atoms with van der Waals surface area (Å²) in [5.74, 6) is -0.229. The number of nitro groups is 1. The first-order valence-electron chi connectivity index (χ1n) is 6.36. The van der Waals surface area contributed by atoms with Crippen LogP contribution in [0.2, 0.25) is 0 Å². The Labute approximate surface area is 122 Å². The van der Waals surface area contributed by atoms with E-state index in [9.17, 15) is 14.9 Å². The molecule has 0 fully saturated rings. The molecule has 0 aromatic heterocycles. The highest BCUT2D eigenvalue weighted by Crippen LogP contribution is 2.31. The van der Waals surface area contributed by atoms with E-state index < -0.39 is 4.92 Å². The number of carbonyl (C=O) groups excluding carboxylic acids is 1. The molecule has 0 aliphatic heterocycles. The maximum atomic E-state index is 11.8. The van der Waals surface area contributed by atoms with Crippen LogP contribution < -0.4 is 4.74 Å². The van der Waals surface area contributed by atoms with Gasteiger partial charge in [-0.3, -0.25) is 14.9 Å². The molecule has 7 nitrogen and oxygen atoms in total. The average Bonchev–Trinajstić information content (AvgIpc) is 2.42. The molecule has 0 atom stereocenters. The summed E-state index contributed by atoms with van der Waals surface area (Å²) in [6.45, 7) is 3.45. The fraction of sp³-hybridized carbons (Fsp3) is 0.429. The third-order valence-corrected chi connectivity index (χ3v) is 2.92. The van der Waals surface area contributed by atoms with E-state index in [1.807, 2.05) is 6.07 Å². The van der Waals surface area contributed by atoms with E-state index in [1.54, 1.807) is 27.0 Å². The van der Waals surface area contributed by atoms with Gasteiger partial charge in [-0.05, 0) is 25.0 Å². The Morgan fingerprint density at radius 2 is 2.14 bits per heavy atom. The Morgan fingerprint density at radius 1 is 1.48 bits per heavy atom. The SMILES string of the molecule is Cc1cc(C)c(OCC(=O)N(C)CCC#N)c([N+](=O)[O-])c1. The van der Waals surface area contributed by atoms with Crippen LogP contribution in [0.3, 0.4) is 0 Å². The van der Waals surface area contributed by atoms with Gasteiger partial charge in [0.05, 0.1) is 17.4 Å². The van der Waals surface area contributed by atoms with E-state index in [0.717, 1.165) is 5.56 Å². The standard InChI is InChI=1S/C14H17N3O4/c1-10-7-11(2)14(12(8-10)17(19)20)21-9-13(18)16(3)6-4-5-15/h7-8H,4,6,9H2,1-3H3. The molecule has 7 heteroatoms. The quantitative estimate of drug-likeness (QED) is 0.589. The number of nitrogens with zero attached hydrogens (tertiary/aromatic N) is 3. The lowest BCUT2D eigenvalue weighted by atomic mass is 10.1. The van der Waals surface area contributed by atoms with Crippen LogP contribution in [0.5, 0.6) is 5.75 Å². The molecule has 0 heterocycles. The molecule has 1 rings (SSSR count). The number of amides is 1. The number of benzene rings is 1. The first kappa shape index (κ1) is 16.4. The second-order valence-corrected chi connectivity index (χ2v) is 4.70. The van der Waals surface area contributed by atoms with Crippen molar-refractivity contribution in [1.29, 1.82) is 5.26 Å². The zero-order valence-corrected chi connectivity index (χ0v) is 12.3. The number of nitriles is 1. The van der Waals surface area contributed by atoms with Gasteiger partial charge in [-0.15, -0.1) is 0 Å². The molecule has 1 aromatic rings. The number of aryl methyl sites for hydroxylation is 2. The average molecular weight is 291 g/mol. The molecule has 0 unspecified atom stereocenters. The molecule has 0 N–H and O–H groups in total. The van der Waals surface area contributed by atoms with Crippen molar-refractivity contribution in [1.82, 2.24) is 4.90 Å². The van der Waals surface area contributed by atoms with Crippen molar-refractivity contribution in [2.75, 3.05) is 20.2 Å². The summed E-state index contributed by atoms with van der Waals surface area (Å²) in [5.41, 5.74) is 1.21. The molecule has 1 aromatic carbocycles. The highest BCUT2D eigenvalue weighted by Gasteiger charge is 2.20. The first-order valence-corrected chi connectivity index (χ1v) is 6.36. The van der Waals surface area contributed by atoms with Crippen LogP contribution in [0.25, 0.3) is 0 Å². The second kappa shape index (κ2) is 7.24. The Morgan fingerprint density at radius 3 is 2.71 bits per heavy atom. The monoisotopic (exact) mass is 291 g/mol. The summed E-state index contributed by atoms with van der Waals surface area (Å²) in [6, 6.07) is 5.11. The smallest absolute Gasteiger partial charge is 0.311 e. The number of hydrogen-bond acceptors (Lipinski definition) is 5. The van der Waals surface area contributed by atoms with Crippen LogP contribution in [-0.4, -0.2) is 35.9 Å². The molecule has 0 saturated carbocycles. The van der Waals surface area contributed by atoms with E-state index in [4.69, 9.17) is 10.00 Å². The number of carbonyl (C=O) groups is 1. The first-order chi connectivity index (χ1) is 9.86. The van der Waals surface area contributed by atoms with Gasteiger partial charge in [0.1, 0.15) is 0 Å². The van der Waals surface area contributed by atoms with Gasteiger partial charge in [-0.2, -0.15) is 5.26 Å². The van der Waals surface area contributed by atoms with Gasteiger partial charge in [-0.25, -0.2) is 0 Å². The van der Waals surface area contributed by atoms with Crippen molar-refractivity contribution in [3.8, 4) is 11.8 Å². The zero-order valence-electron chi connectivity index (χ0n) is 12.3. The van der Waals surface area contributed by atoms with Crippen molar-refractivity contribution in [2.24, 2.45) is 0 Å². The molecule has 0 aliphatic carbocycles. The van der Waals surface area contributed by atoms with Gasteiger partial charge in [0, 0.05) is 19.7 Å². The molecular weight excluding hydrogens is 274 g/mol. The van der Waals surface area contributed by atoms with Gasteiger partial charge in [0.15, 0.2) is 6.61 Å². The molecule has 0 saturated heterocycles. The highest BCUT2D eigenvalue weighted by atomic mass is 16.6. The lowest BCUT2D eigenvalue weighted by molar-refractivity contribution is -0.385. The molecule has 0 radical (unpaired) electrons. The van der Waals surface area contributed by atoms with Gasteiger partial charge < -0.3 is 9.64 Å². The fourth-order valence-corrected chi connectivity index (χ4v) is 1.84. The van der Waals surface area contributed by atoms with E-state index >= 15 is 0 Å². The highest BCUT2D eigenvalue weighted by molar-refractivity contribution is 5.77. The van der Waals surface area contributed by atoms with Crippen molar-refractivity contribution in [3.63, 3.8) is 0 Å². The molecule has 112 valence electrons. The van der Waals surface area contributed by atoms with Crippen LogP contribution >= 0.6 is 0 Å². The Hall–Kier alpha value is -2.62. The summed E-state index contributed by atoms with van der Waals surface area (Å²) < 4.78 is 5.33. The number of likely N-dealkylation sites (N-methyl/N-ethyl adjacent to an activating group) is 1. The minimum absolute atomic E-state index is 0.104. The van der Waals surface area contributed by atoms with E-state index in [2.05, 4.69) is 0 Å². The van der Waals surface area contributed by atoms with Crippen molar-refractivity contribution >= 4 is 11.6 Å². The van der Waals surface area contributed by atoms with Crippen LogP contribution in [0.1, 0.15) is 17.5 Å². The fourth-order valence-electron chi connectivity index (χ4n) is 1.84. The Balaban J connectivity index is 2.82. The number of hydrogen-bond donors (Lipinski definition) is 0. The van der Waals surface area contributed by atoms with Crippen molar-refractivity contribution in [3.05, 3.63) is 33.4 Å². The summed E-state index contributed by atoms with van der Waals surface area (Å²) in [5, 5.41) is 19.5. The van der Waals surface area contributed by atoms with Gasteiger partial charge in [0.25, 0.3) is 5.91 Å². The predicted molar refractivity (Wildman–Crippen MR) is 75.9 cm³/mol. The van der Waals surface area contributed by atoms with E-state index in [-0.39, 0.29) is 30.4 Å². The molecule has 1 amide bonds. The summed E-state index contributed by atoms with van der Waals surface area (Å²) in [7, 11) is 1.56. The maximum absolute atomic E-state index is 11.8. The topological polar surface area (TPSA) is 96.5 Å². The van der Waals surface area contributed by atoms with E-state index in [1.165, 1.54) is 11.0 Å². The summed E-state index contributed by atoms with van der Waals surface area (Å²) in [6.07, 6.45) is 0.228. The molecule has 0 aliphatic rings. The lowest BCUT2D eigenvalue weighted by Crippen LogP contribution is -2.32. The summed E-state index contributed by atoms with van der Waals surface area (Å²) >= 11 is 0. The number of nitro benzene ring substituents is 1. The molecule has 0 spiro atoms. The minimum Gasteiger partial charge on any atom is -0.477 e. The summed E-state index contributed by atoms with van der Waals surface area (Å²) in [4.78, 5) is 23.7. The van der Waals surface area contributed by atoms with Crippen molar-refractivity contribution < 1.29 is 14.5 Å². The van der Waals surface area contributed by atoms with Crippen LogP contribution in [0.15, 0.2) is 12.1 Å². The van der Waals surface area contributed by atoms with Crippen LogP contribution in [0, 0.1) is 35.3 Å². The Kier molecular flexibility index (Phi) is 5.67. The number of rotatable bonds is 6.